The van der Waals surface area contributed by atoms with Crippen LogP contribution in [0.2, 0.25) is 0 Å². The summed E-state index contributed by atoms with van der Waals surface area (Å²) in [5, 5.41) is 12.3. The van der Waals surface area contributed by atoms with E-state index in [1.54, 1.807) is 12.1 Å². The van der Waals surface area contributed by atoms with E-state index in [0.717, 1.165) is 25.2 Å². The van der Waals surface area contributed by atoms with Gasteiger partial charge in [-0.05, 0) is 41.8 Å². The smallest absolute Gasteiger partial charge is 0.335 e. The number of carboxylic acids is 1. The second-order valence-corrected chi connectivity index (χ2v) is 5.72. The van der Waals surface area contributed by atoms with Gasteiger partial charge in [0.05, 0.1) is 5.56 Å². The van der Waals surface area contributed by atoms with Crippen molar-refractivity contribution < 1.29 is 9.90 Å². The highest BCUT2D eigenvalue weighted by molar-refractivity contribution is 5.87. The third-order valence-corrected chi connectivity index (χ3v) is 3.26. The van der Waals surface area contributed by atoms with Gasteiger partial charge in [0.1, 0.15) is 0 Å². The van der Waals surface area contributed by atoms with Crippen LogP contribution in [-0.4, -0.2) is 22.2 Å². The summed E-state index contributed by atoms with van der Waals surface area (Å²) in [6.45, 7) is 7.03. The molecule has 112 valence electrons. The predicted molar refractivity (Wildman–Crippen MR) is 83.5 cm³/mol. The molecule has 0 bridgehead atoms. The van der Waals surface area contributed by atoms with Gasteiger partial charge in [0.25, 0.3) is 0 Å². The maximum absolute atomic E-state index is 10.8. The van der Waals surface area contributed by atoms with Gasteiger partial charge >= 0.3 is 5.97 Å². The van der Waals surface area contributed by atoms with Gasteiger partial charge in [-0.1, -0.05) is 26.0 Å². The largest absolute Gasteiger partial charge is 0.478 e. The molecule has 2 rings (SSSR count). The van der Waals surface area contributed by atoms with Gasteiger partial charge in [-0.2, -0.15) is 0 Å². The van der Waals surface area contributed by atoms with E-state index < -0.39 is 5.97 Å². The maximum atomic E-state index is 10.8. The van der Waals surface area contributed by atoms with Crippen molar-refractivity contribution >= 4 is 5.97 Å². The molecule has 0 spiro atoms. The Balaban J connectivity index is 1.91. The highest BCUT2D eigenvalue weighted by Crippen LogP contribution is 2.09. The lowest BCUT2D eigenvalue weighted by Gasteiger charge is -2.06. The minimum atomic E-state index is -0.888. The maximum Gasteiger partial charge on any atom is 0.335 e. The van der Waals surface area contributed by atoms with E-state index in [0.29, 0.717) is 11.5 Å². The number of nitrogens with zero attached hydrogens (tertiary/aromatic N) is 1. The average Bonchev–Trinajstić information content (AvgIpc) is 2.86. The zero-order valence-corrected chi connectivity index (χ0v) is 12.5. The van der Waals surface area contributed by atoms with Crippen LogP contribution in [0.5, 0.6) is 0 Å². The Morgan fingerprint density at radius 1 is 1.19 bits per heavy atom. The van der Waals surface area contributed by atoms with Crippen LogP contribution in [0.15, 0.2) is 42.7 Å². The van der Waals surface area contributed by atoms with Crippen LogP contribution in [0.25, 0.3) is 0 Å². The number of carbonyl (C=O) groups is 1. The molecular weight excluding hydrogens is 264 g/mol. The number of benzene rings is 1. The van der Waals surface area contributed by atoms with E-state index >= 15 is 0 Å². The van der Waals surface area contributed by atoms with Crippen molar-refractivity contribution in [2.45, 2.75) is 26.9 Å². The normalized spacial score (nSPS) is 11.0. The summed E-state index contributed by atoms with van der Waals surface area (Å²) in [6.07, 6.45) is 4.18. The lowest BCUT2D eigenvalue weighted by molar-refractivity contribution is 0.0697. The van der Waals surface area contributed by atoms with Crippen LogP contribution in [-0.2, 0) is 13.1 Å². The summed E-state index contributed by atoms with van der Waals surface area (Å²) >= 11 is 0. The highest BCUT2D eigenvalue weighted by Gasteiger charge is 2.03. The molecule has 0 saturated carbocycles. The molecule has 4 heteroatoms. The van der Waals surface area contributed by atoms with Gasteiger partial charge in [0, 0.05) is 25.5 Å². The number of hydrogen-bond acceptors (Lipinski definition) is 2. The monoisotopic (exact) mass is 286 g/mol. The van der Waals surface area contributed by atoms with E-state index in [1.807, 2.05) is 12.1 Å². The fourth-order valence-electron chi connectivity index (χ4n) is 2.16. The number of carboxylic acid groups (broad SMARTS) is 1. The van der Waals surface area contributed by atoms with Crippen molar-refractivity contribution in [1.82, 2.24) is 9.88 Å². The van der Waals surface area contributed by atoms with Gasteiger partial charge in [-0.3, -0.25) is 0 Å². The molecule has 21 heavy (non-hydrogen) atoms. The Hall–Kier alpha value is -2.07. The first kappa shape index (κ1) is 15.3. The van der Waals surface area contributed by atoms with Crippen molar-refractivity contribution in [1.29, 1.82) is 0 Å². The van der Waals surface area contributed by atoms with Gasteiger partial charge in [-0.25, -0.2) is 4.79 Å². The summed E-state index contributed by atoms with van der Waals surface area (Å²) in [5.74, 6) is -0.235. The summed E-state index contributed by atoms with van der Waals surface area (Å²) in [4.78, 5) is 10.8. The summed E-state index contributed by atoms with van der Waals surface area (Å²) in [7, 11) is 0. The predicted octanol–water partition coefficient (Wildman–Crippen LogP) is 2.98. The lowest BCUT2D eigenvalue weighted by atomic mass is 10.1. The SMILES string of the molecule is CC(C)CNCc1ccn(Cc2ccc(C(=O)O)cc2)c1. The number of nitrogens with one attached hydrogen (secondary N) is 1. The molecule has 0 fully saturated rings. The third kappa shape index (κ3) is 4.76. The van der Waals surface area contributed by atoms with Crippen LogP contribution in [0.3, 0.4) is 0 Å². The minimum absolute atomic E-state index is 0.324. The Morgan fingerprint density at radius 2 is 1.90 bits per heavy atom. The Labute approximate surface area is 125 Å². The van der Waals surface area contributed by atoms with Crippen LogP contribution in [0, 0.1) is 5.92 Å². The fourth-order valence-corrected chi connectivity index (χ4v) is 2.16. The van der Waals surface area contributed by atoms with Gasteiger partial charge in [0.2, 0.25) is 0 Å². The molecule has 0 aliphatic heterocycles. The van der Waals surface area contributed by atoms with E-state index in [4.69, 9.17) is 5.11 Å². The topological polar surface area (TPSA) is 54.3 Å². The molecule has 0 aliphatic carbocycles. The van der Waals surface area contributed by atoms with Gasteiger partial charge < -0.3 is 15.0 Å². The fraction of sp³-hybridized carbons (Fsp3) is 0.353. The van der Waals surface area contributed by atoms with Crippen molar-refractivity contribution in [3.05, 3.63) is 59.4 Å². The molecule has 0 atom stereocenters. The minimum Gasteiger partial charge on any atom is -0.478 e. The molecule has 4 nitrogen and oxygen atoms in total. The van der Waals surface area contributed by atoms with E-state index in [-0.39, 0.29) is 0 Å². The Morgan fingerprint density at radius 3 is 2.52 bits per heavy atom. The highest BCUT2D eigenvalue weighted by atomic mass is 16.4. The molecule has 0 saturated heterocycles. The lowest BCUT2D eigenvalue weighted by Crippen LogP contribution is -2.18. The van der Waals surface area contributed by atoms with E-state index in [1.165, 1.54) is 5.56 Å². The van der Waals surface area contributed by atoms with Crippen molar-refractivity contribution in [3.63, 3.8) is 0 Å². The molecule has 0 amide bonds. The molecule has 0 unspecified atom stereocenters. The molecule has 2 aromatic rings. The summed E-state index contributed by atoms with van der Waals surface area (Å²) in [6, 6.07) is 9.12. The molecule has 1 aromatic carbocycles. The number of aromatic nitrogens is 1. The molecular formula is C17H22N2O2. The molecule has 1 aromatic heterocycles. The first-order chi connectivity index (χ1) is 10.0. The summed E-state index contributed by atoms with van der Waals surface area (Å²) in [5.41, 5.74) is 2.68. The number of rotatable bonds is 7. The van der Waals surface area contributed by atoms with Crippen LogP contribution < -0.4 is 5.32 Å². The molecule has 2 N–H and O–H groups in total. The third-order valence-electron chi connectivity index (χ3n) is 3.26. The summed E-state index contributed by atoms with van der Waals surface area (Å²) < 4.78 is 2.11. The number of aromatic carboxylic acids is 1. The van der Waals surface area contributed by atoms with Gasteiger partial charge in [0.15, 0.2) is 0 Å². The standard InChI is InChI=1S/C17H22N2O2/c1-13(2)9-18-10-15-7-8-19(12-15)11-14-3-5-16(6-4-14)17(20)21/h3-8,12-13,18H,9-11H2,1-2H3,(H,20,21). The average molecular weight is 286 g/mol. The second kappa shape index (κ2) is 7.09. The molecule has 1 heterocycles. The second-order valence-electron chi connectivity index (χ2n) is 5.72. The first-order valence-electron chi connectivity index (χ1n) is 7.22. The van der Waals surface area contributed by atoms with E-state index in [9.17, 15) is 4.79 Å². The zero-order valence-electron chi connectivity index (χ0n) is 12.5. The van der Waals surface area contributed by atoms with Crippen molar-refractivity contribution in [2.75, 3.05) is 6.54 Å². The molecule has 0 aliphatic rings. The van der Waals surface area contributed by atoms with Crippen molar-refractivity contribution in [2.24, 2.45) is 5.92 Å². The quantitative estimate of drug-likeness (QED) is 0.822. The molecule has 0 radical (unpaired) electrons. The number of hydrogen-bond donors (Lipinski definition) is 2. The van der Waals surface area contributed by atoms with Crippen LogP contribution in [0.1, 0.15) is 35.3 Å². The Kier molecular flexibility index (Phi) is 5.17. The Bertz CT molecular complexity index is 585. The van der Waals surface area contributed by atoms with Crippen LogP contribution in [0.4, 0.5) is 0 Å². The van der Waals surface area contributed by atoms with E-state index in [2.05, 4.69) is 42.2 Å². The van der Waals surface area contributed by atoms with Gasteiger partial charge in [-0.15, -0.1) is 0 Å². The van der Waals surface area contributed by atoms with Crippen molar-refractivity contribution in [3.8, 4) is 0 Å². The zero-order chi connectivity index (χ0) is 15.2. The van der Waals surface area contributed by atoms with Crippen LogP contribution >= 0.6 is 0 Å². The first-order valence-corrected chi connectivity index (χ1v) is 7.22.